The Kier molecular flexibility index (Phi) is 3.71. The quantitative estimate of drug-likeness (QED) is 0.719. The molecule has 1 aliphatic heterocycles. The number of carbonyl (C=O) groups is 1. The van der Waals surface area contributed by atoms with Crippen LogP contribution in [0, 0.1) is 11.8 Å². The highest BCUT2D eigenvalue weighted by Gasteiger charge is 2.41. The van der Waals surface area contributed by atoms with Crippen LogP contribution in [0.2, 0.25) is 0 Å². The molecule has 3 aliphatic rings. The first-order chi connectivity index (χ1) is 8.77. The summed E-state index contributed by atoms with van der Waals surface area (Å²) in [4.78, 5) is 11.3. The van der Waals surface area contributed by atoms with E-state index in [1.807, 2.05) is 0 Å². The average molecular weight is 252 g/mol. The van der Waals surface area contributed by atoms with Crippen molar-refractivity contribution in [2.45, 2.75) is 63.6 Å². The second-order valence-electron chi connectivity index (χ2n) is 6.17. The van der Waals surface area contributed by atoms with Gasteiger partial charge in [0.1, 0.15) is 5.78 Å². The summed E-state index contributed by atoms with van der Waals surface area (Å²) in [6.07, 6.45) is 9.48. The molecule has 0 radical (unpaired) electrons. The third kappa shape index (κ3) is 2.62. The van der Waals surface area contributed by atoms with Gasteiger partial charge in [-0.2, -0.15) is 0 Å². The minimum Gasteiger partial charge on any atom is -0.350 e. The van der Waals surface area contributed by atoms with Crippen LogP contribution in [-0.4, -0.2) is 24.8 Å². The number of carbonyl (C=O) groups excluding carboxylic acids is 1. The molecule has 0 amide bonds. The summed E-state index contributed by atoms with van der Waals surface area (Å²) >= 11 is 0. The van der Waals surface area contributed by atoms with E-state index in [1.54, 1.807) is 0 Å². The fourth-order valence-electron chi connectivity index (χ4n) is 3.89. The van der Waals surface area contributed by atoms with E-state index in [0.717, 1.165) is 70.0 Å². The van der Waals surface area contributed by atoms with E-state index in [9.17, 15) is 4.79 Å². The Morgan fingerprint density at radius 3 is 2.06 bits per heavy atom. The predicted octanol–water partition coefficient (Wildman–Crippen LogP) is 3.07. The Labute approximate surface area is 109 Å². The summed E-state index contributed by atoms with van der Waals surface area (Å²) in [6, 6.07) is 0. The number of Topliss-reactive ketones (excluding diaryl/α,β-unsaturated/α-hetero) is 1. The molecular formula is C15H24O3. The van der Waals surface area contributed by atoms with Crippen molar-refractivity contribution < 1.29 is 14.3 Å². The summed E-state index contributed by atoms with van der Waals surface area (Å²) in [6.45, 7) is 1.73. The van der Waals surface area contributed by atoms with Gasteiger partial charge in [-0.25, -0.2) is 0 Å². The third-order valence-electron chi connectivity index (χ3n) is 5.07. The molecule has 2 saturated carbocycles. The first kappa shape index (κ1) is 12.6. The predicted molar refractivity (Wildman–Crippen MR) is 68.2 cm³/mol. The number of ether oxygens (including phenoxy) is 2. The van der Waals surface area contributed by atoms with Gasteiger partial charge in [-0.05, 0) is 43.9 Å². The third-order valence-corrected chi connectivity index (χ3v) is 5.07. The fraction of sp³-hybridized carbons (Fsp3) is 0.933. The van der Waals surface area contributed by atoms with Crippen LogP contribution in [0.3, 0.4) is 0 Å². The largest absolute Gasteiger partial charge is 0.350 e. The SMILES string of the molecule is O=C1CCC(C2CCC3(CC2)OCCCO3)CC1. The Hall–Kier alpha value is -0.410. The number of ketones is 1. The molecule has 0 aromatic rings. The number of rotatable bonds is 1. The second-order valence-corrected chi connectivity index (χ2v) is 6.17. The van der Waals surface area contributed by atoms with E-state index in [1.165, 1.54) is 12.8 Å². The maximum absolute atomic E-state index is 11.3. The topological polar surface area (TPSA) is 35.5 Å². The normalized spacial score (nSPS) is 30.8. The lowest BCUT2D eigenvalue weighted by atomic mass is 9.72. The standard InChI is InChI=1S/C15H24O3/c16-14-4-2-12(3-5-14)13-6-8-15(9-7-13)17-10-1-11-18-15/h12-13H,1-11H2. The van der Waals surface area contributed by atoms with Gasteiger partial charge in [-0.1, -0.05) is 0 Å². The van der Waals surface area contributed by atoms with Crippen LogP contribution in [-0.2, 0) is 14.3 Å². The van der Waals surface area contributed by atoms with Crippen LogP contribution in [0.4, 0.5) is 0 Å². The average Bonchev–Trinajstić information content (AvgIpc) is 2.42. The molecule has 3 rings (SSSR count). The van der Waals surface area contributed by atoms with Gasteiger partial charge in [0, 0.05) is 25.7 Å². The zero-order valence-corrected chi connectivity index (χ0v) is 11.2. The van der Waals surface area contributed by atoms with E-state index >= 15 is 0 Å². The van der Waals surface area contributed by atoms with Crippen LogP contribution in [0.1, 0.15) is 57.8 Å². The monoisotopic (exact) mass is 252 g/mol. The van der Waals surface area contributed by atoms with Crippen molar-refractivity contribution in [1.29, 1.82) is 0 Å². The van der Waals surface area contributed by atoms with E-state index in [2.05, 4.69) is 0 Å². The van der Waals surface area contributed by atoms with E-state index in [4.69, 9.17) is 9.47 Å². The minimum atomic E-state index is -0.237. The molecule has 0 bridgehead atoms. The number of hydrogen-bond donors (Lipinski definition) is 0. The van der Waals surface area contributed by atoms with Gasteiger partial charge in [0.15, 0.2) is 5.79 Å². The van der Waals surface area contributed by atoms with Crippen molar-refractivity contribution >= 4 is 5.78 Å². The molecule has 0 aromatic heterocycles. The molecule has 1 spiro atoms. The molecule has 0 unspecified atom stereocenters. The zero-order chi connectivity index (χ0) is 12.4. The summed E-state index contributed by atoms with van der Waals surface area (Å²) < 4.78 is 11.8. The van der Waals surface area contributed by atoms with Crippen LogP contribution in [0.25, 0.3) is 0 Å². The molecule has 0 atom stereocenters. The fourth-order valence-corrected chi connectivity index (χ4v) is 3.89. The Morgan fingerprint density at radius 1 is 0.889 bits per heavy atom. The Bertz CT molecular complexity index is 287. The molecule has 2 aliphatic carbocycles. The lowest BCUT2D eigenvalue weighted by Gasteiger charge is -2.44. The van der Waals surface area contributed by atoms with E-state index in [-0.39, 0.29) is 5.79 Å². The highest BCUT2D eigenvalue weighted by Crippen LogP contribution is 2.43. The summed E-state index contributed by atoms with van der Waals surface area (Å²) in [5.74, 6) is 1.82. The first-order valence-corrected chi connectivity index (χ1v) is 7.57. The lowest BCUT2D eigenvalue weighted by Crippen LogP contribution is -2.44. The Balaban J connectivity index is 1.51. The van der Waals surface area contributed by atoms with Gasteiger partial charge in [-0.15, -0.1) is 0 Å². The first-order valence-electron chi connectivity index (χ1n) is 7.57. The van der Waals surface area contributed by atoms with Crippen molar-refractivity contribution in [1.82, 2.24) is 0 Å². The lowest BCUT2D eigenvalue weighted by molar-refractivity contribution is -0.284. The maximum Gasteiger partial charge on any atom is 0.168 e. The van der Waals surface area contributed by atoms with Crippen molar-refractivity contribution in [3.8, 4) is 0 Å². The smallest absolute Gasteiger partial charge is 0.168 e. The molecular weight excluding hydrogens is 228 g/mol. The van der Waals surface area contributed by atoms with Gasteiger partial charge in [0.2, 0.25) is 0 Å². The molecule has 18 heavy (non-hydrogen) atoms. The molecule has 1 saturated heterocycles. The van der Waals surface area contributed by atoms with Crippen molar-refractivity contribution in [2.24, 2.45) is 11.8 Å². The molecule has 3 heteroatoms. The van der Waals surface area contributed by atoms with E-state index in [0.29, 0.717) is 5.78 Å². The Morgan fingerprint density at radius 2 is 1.44 bits per heavy atom. The number of hydrogen-bond acceptors (Lipinski definition) is 3. The molecule has 3 nitrogen and oxygen atoms in total. The van der Waals surface area contributed by atoms with Crippen molar-refractivity contribution in [2.75, 3.05) is 13.2 Å². The molecule has 1 heterocycles. The summed E-state index contributed by atoms with van der Waals surface area (Å²) in [5, 5.41) is 0. The van der Waals surface area contributed by atoms with Gasteiger partial charge >= 0.3 is 0 Å². The summed E-state index contributed by atoms with van der Waals surface area (Å²) in [7, 11) is 0. The highest BCUT2D eigenvalue weighted by molar-refractivity contribution is 5.79. The molecule has 102 valence electrons. The van der Waals surface area contributed by atoms with Gasteiger partial charge in [0.25, 0.3) is 0 Å². The second kappa shape index (κ2) is 5.30. The van der Waals surface area contributed by atoms with Crippen molar-refractivity contribution in [3.05, 3.63) is 0 Å². The maximum atomic E-state index is 11.3. The van der Waals surface area contributed by atoms with Crippen LogP contribution in [0.15, 0.2) is 0 Å². The van der Waals surface area contributed by atoms with Crippen LogP contribution >= 0.6 is 0 Å². The molecule has 0 N–H and O–H groups in total. The molecule has 3 fully saturated rings. The van der Waals surface area contributed by atoms with Gasteiger partial charge < -0.3 is 9.47 Å². The molecule has 0 aromatic carbocycles. The zero-order valence-electron chi connectivity index (χ0n) is 11.2. The highest BCUT2D eigenvalue weighted by atomic mass is 16.7. The van der Waals surface area contributed by atoms with Crippen molar-refractivity contribution in [3.63, 3.8) is 0 Å². The van der Waals surface area contributed by atoms with Crippen LogP contribution < -0.4 is 0 Å². The van der Waals surface area contributed by atoms with Gasteiger partial charge in [0.05, 0.1) is 13.2 Å². The van der Waals surface area contributed by atoms with E-state index < -0.39 is 0 Å². The van der Waals surface area contributed by atoms with Crippen LogP contribution in [0.5, 0.6) is 0 Å². The minimum absolute atomic E-state index is 0.237. The summed E-state index contributed by atoms with van der Waals surface area (Å²) in [5.41, 5.74) is 0. The van der Waals surface area contributed by atoms with Gasteiger partial charge in [-0.3, -0.25) is 4.79 Å².